The van der Waals surface area contributed by atoms with Gasteiger partial charge in [-0.15, -0.1) is 0 Å². The summed E-state index contributed by atoms with van der Waals surface area (Å²) in [7, 11) is 0. The predicted molar refractivity (Wildman–Crippen MR) is 85.3 cm³/mol. The van der Waals surface area contributed by atoms with Crippen LogP contribution < -0.4 is 28.5 Å². The van der Waals surface area contributed by atoms with E-state index in [-0.39, 0.29) is 24.0 Å². The molecule has 3 rings (SSSR count). The zero-order valence-electron chi connectivity index (χ0n) is 13.8. The summed E-state index contributed by atoms with van der Waals surface area (Å²) in [5.74, 6) is 1.75. The van der Waals surface area contributed by atoms with Crippen molar-refractivity contribution in [2.24, 2.45) is 0 Å². The Balaban J connectivity index is 0.00000192. The van der Waals surface area contributed by atoms with Gasteiger partial charge in [0, 0.05) is 11.8 Å². The van der Waals surface area contributed by atoms with Crippen LogP contribution in [0.1, 0.15) is 31.2 Å². The zero-order chi connectivity index (χ0) is 15.5. The lowest BCUT2D eigenvalue weighted by atomic mass is 10.3. The Kier molecular flexibility index (Phi) is 5.92. The molecule has 0 saturated carbocycles. The van der Waals surface area contributed by atoms with Crippen molar-refractivity contribution in [2.75, 3.05) is 0 Å². The highest BCUT2D eigenvalue weighted by Crippen LogP contribution is 2.12. The van der Waals surface area contributed by atoms with Crippen LogP contribution in [-0.4, -0.2) is 19.3 Å². The van der Waals surface area contributed by atoms with Gasteiger partial charge in [-0.25, -0.2) is 9.25 Å². The van der Waals surface area contributed by atoms with E-state index < -0.39 is 0 Å². The third-order valence-corrected chi connectivity index (χ3v) is 3.67. The topological polar surface area (TPSA) is 39.5 Å². The number of unbranched alkanes of at least 4 members (excludes halogenated alkanes) is 1. The average Bonchev–Trinajstić information content (AvgIpc) is 3.12. The maximum Gasteiger partial charge on any atom is 0.250 e. The fourth-order valence-electron chi connectivity index (χ4n) is 2.54. The van der Waals surface area contributed by atoms with Crippen LogP contribution in [0.25, 0.3) is 11.6 Å². The smallest absolute Gasteiger partial charge is 0.250 e. The van der Waals surface area contributed by atoms with Crippen LogP contribution in [0.15, 0.2) is 43.0 Å². The molecule has 0 radical (unpaired) electrons. The molecule has 0 spiro atoms. The van der Waals surface area contributed by atoms with E-state index in [1.165, 1.54) is 12.8 Å². The zero-order valence-corrected chi connectivity index (χ0v) is 15.9. The van der Waals surface area contributed by atoms with E-state index in [2.05, 4.69) is 35.2 Å². The number of hydrogen-bond donors (Lipinski definition) is 0. The fourth-order valence-corrected chi connectivity index (χ4v) is 2.54. The Morgan fingerprint density at radius 1 is 1.17 bits per heavy atom. The molecule has 0 fully saturated rings. The van der Waals surface area contributed by atoms with Crippen LogP contribution in [-0.2, 0) is 6.54 Å². The van der Waals surface area contributed by atoms with Crippen LogP contribution in [0.2, 0.25) is 0 Å². The Labute approximate surface area is 154 Å². The molecule has 23 heavy (non-hydrogen) atoms. The lowest BCUT2D eigenvalue weighted by Gasteiger charge is -2.04. The summed E-state index contributed by atoms with van der Waals surface area (Å²) < 4.78 is 6.12. The number of aryl methyl sites for hydroxylation is 3. The standard InChI is InChI=1S/C17H22N5.HI/c1-4-5-9-20-10-11-21(13-20)16-7-6-8-17(18-16)22-15(3)12-14(2)19-22;/h6-8,10-13H,4-5,9H2,1-3H3;1H/q+1;/p-1. The van der Waals surface area contributed by atoms with E-state index in [1.54, 1.807) is 0 Å². The van der Waals surface area contributed by atoms with Gasteiger partial charge in [-0.3, -0.25) is 0 Å². The second-order valence-electron chi connectivity index (χ2n) is 5.61. The van der Waals surface area contributed by atoms with Gasteiger partial charge in [-0.05, 0) is 32.4 Å². The summed E-state index contributed by atoms with van der Waals surface area (Å²) in [6.45, 7) is 7.29. The van der Waals surface area contributed by atoms with Gasteiger partial charge < -0.3 is 24.0 Å². The van der Waals surface area contributed by atoms with Crippen molar-refractivity contribution in [3.8, 4) is 11.6 Å². The molecular formula is C17H22IN5. The monoisotopic (exact) mass is 423 g/mol. The molecular weight excluding hydrogens is 401 g/mol. The molecule has 0 aliphatic carbocycles. The molecule has 0 bridgehead atoms. The van der Waals surface area contributed by atoms with Crippen molar-refractivity contribution in [3.63, 3.8) is 0 Å². The summed E-state index contributed by atoms with van der Waals surface area (Å²) in [6, 6.07) is 8.07. The van der Waals surface area contributed by atoms with E-state index in [0.29, 0.717) is 0 Å². The first-order valence-electron chi connectivity index (χ1n) is 7.75. The minimum Gasteiger partial charge on any atom is -1.00 e. The van der Waals surface area contributed by atoms with Crippen LogP contribution in [0, 0.1) is 13.8 Å². The Bertz CT molecular complexity index is 775. The molecule has 0 aliphatic rings. The quantitative estimate of drug-likeness (QED) is 0.420. The molecule has 122 valence electrons. The Morgan fingerprint density at radius 3 is 2.65 bits per heavy atom. The molecule has 0 saturated heterocycles. The summed E-state index contributed by atoms with van der Waals surface area (Å²) in [5.41, 5.74) is 2.09. The number of halogens is 1. The van der Waals surface area contributed by atoms with E-state index in [9.17, 15) is 0 Å². The van der Waals surface area contributed by atoms with Crippen LogP contribution in [0.3, 0.4) is 0 Å². The molecule has 3 aromatic rings. The average molecular weight is 423 g/mol. The molecule has 0 aromatic carbocycles. The predicted octanol–water partition coefficient (Wildman–Crippen LogP) is -0.234. The molecule has 0 unspecified atom stereocenters. The number of nitrogens with zero attached hydrogens (tertiary/aromatic N) is 5. The SMILES string of the molecule is CCCC[n+]1ccn(-c2cccc(-n3nc(C)cc3C)n2)c1.[I-]. The van der Waals surface area contributed by atoms with Gasteiger partial charge >= 0.3 is 0 Å². The fraction of sp³-hybridized carbons (Fsp3) is 0.353. The number of hydrogen-bond acceptors (Lipinski definition) is 2. The molecule has 3 heterocycles. The van der Waals surface area contributed by atoms with Crippen molar-refractivity contribution in [1.82, 2.24) is 19.3 Å². The van der Waals surface area contributed by atoms with Crippen molar-refractivity contribution in [2.45, 2.75) is 40.2 Å². The molecule has 5 nitrogen and oxygen atoms in total. The number of pyridine rings is 1. The molecule has 0 amide bonds. The number of aromatic nitrogens is 5. The summed E-state index contributed by atoms with van der Waals surface area (Å²) in [5, 5.41) is 4.50. The molecule has 0 atom stereocenters. The second kappa shape index (κ2) is 7.72. The Hall–Kier alpha value is -1.70. The lowest BCUT2D eigenvalue weighted by molar-refractivity contribution is -0.696. The number of imidazole rings is 1. The van der Waals surface area contributed by atoms with Crippen LogP contribution in [0.5, 0.6) is 0 Å². The normalized spacial score (nSPS) is 10.6. The van der Waals surface area contributed by atoms with E-state index in [1.807, 2.05) is 47.5 Å². The van der Waals surface area contributed by atoms with Gasteiger partial charge in [-0.2, -0.15) is 14.6 Å². The van der Waals surface area contributed by atoms with Gasteiger partial charge in [0.2, 0.25) is 12.1 Å². The first-order valence-corrected chi connectivity index (χ1v) is 7.75. The maximum absolute atomic E-state index is 4.73. The highest BCUT2D eigenvalue weighted by atomic mass is 127. The van der Waals surface area contributed by atoms with Crippen molar-refractivity contribution in [1.29, 1.82) is 0 Å². The highest BCUT2D eigenvalue weighted by molar-refractivity contribution is 5.32. The molecule has 3 aromatic heterocycles. The lowest BCUT2D eigenvalue weighted by Crippen LogP contribution is -3.00. The van der Waals surface area contributed by atoms with E-state index in [0.717, 1.165) is 29.6 Å². The summed E-state index contributed by atoms with van der Waals surface area (Å²) >= 11 is 0. The second-order valence-corrected chi connectivity index (χ2v) is 5.61. The van der Waals surface area contributed by atoms with E-state index >= 15 is 0 Å². The van der Waals surface area contributed by atoms with Gasteiger partial charge in [0.05, 0.1) is 12.2 Å². The molecule has 6 heteroatoms. The van der Waals surface area contributed by atoms with E-state index in [4.69, 9.17) is 4.98 Å². The minimum absolute atomic E-state index is 0. The van der Waals surface area contributed by atoms with Crippen LogP contribution >= 0.6 is 0 Å². The number of rotatable bonds is 5. The van der Waals surface area contributed by atoms with Gasteiger partial charge in [-0.1, -0.05) is 19.4 Å². The Morgan fingerprint density at radius 2 is 1.96 bits per heavy atom. The maximum atomic E-state index is 4.73. The summed E-state index contributed by atoms with van der Waals surface area (Å²) in [4.78, 5) is 4.73. The summed E-state index contributed by atoms with van der Waals surface area (Å²) in [6.07, 6.45) is 8.61. The third kappa shape index (κ3) is 3.99. The molecule has 0 N–H and O–H groups in total. The highest BCUT2D eigenvalue weighted by Gasteiger charge is 2.10. The first kappa shape index (κ1) is 17.7. The van der Waals surface area contributed by atoms with Crippen molar-refractivity contribution < 1.29 is 28.5 Å². The van der Waals surface area contributed by atoms with Gasteiger partial charge in [0.25, 0.3) is 0 Å². The first-order chi connectivity index (χ1) is 10.7. The van der Waals surface area contributed by atoms with Gasteiger partial charge in [0.15, 0.2) is 5.82 Å². The third-order valence-electron chi connectivity index (χ3n) is 3.67. The van der Waals surface area contributed by atoms with Crippen LogP contribution in [0.4, 0.5) is 0 Å². The van der Waals surface area contributed by atoms with Crippen molar-refractivity contribution >= 4 is 0 Å². The van der Waals surface area contributed by atoms with Gasteiger partial charge in [0.1, 0.15) is 12.4 Å². The van der Waals surface area contributed by atoms with Crippen molar-refractivity contribution in [3.05, 3.63) is 54.4 Å². The minimum atomic E-state index is 0. The molecule has 0 aliphatic heterocycles. The largest absolute Gasteiger partial charge is 1.00 e.